The van der Waals surface area contributed by atoms with Crippen molar-refractivity contribution < 1.29 is 67.5 Å². The Morgan fingerprint density at radius 2 is 1.44 bits per heavy atom. The molecule has 7 nitrogen and oxygen atoms in total. The average Bonchev–Trinajstić information content (AvgIpc) is 1.38. The molecule has 0 rings (SSSR count). The summed E-state index contributed by atoms with van der Waals surface area (Å²) in [6.45, 7) is 0. The van der Waals surface area contributed by atoms with Gasteiger partial charge in [-0.25, -0.2) is 4.79 Å². The van der Waals surface area contributed by atoms with Crippen LogP contribution in [0.1, 0.15) is 1.43 Å². The molecule has 0 aromatic rings. The third-order valence-corrected chi connectivity index (χ3v) is 0.0781. The summed E-state index contributed by atoms with van der Waals surface area (Å²) in [5.41, 5.74) is 0. The van der Waals surface area contributed by atoms with Gasteiger partial charge in [-0.05, 0) is 0 Å². The molecule has 0 unspecified atom stereocenters. The molecular formula is CH9NaO7. The minimum Gasteiger partial charge on any atom is -1.00 e. The van der Waals surface area contributed by atoms with Crippen LogP contribution in [0.4, 0.5) is 4.79 Å². The topological polar surface area (TPSA) is 161 Å². The van der Waals surface area contributed by atoms with Crippen molar-refractivity contribution in [3.05, 3.63) is 0 Å². The molecule has 0 saturated heterocycles. The Morgan fingerprint density at radius 3 is 1.44 bits per heavy atom. The van der Waals surface area contributed by atoms with Crippen molar-refractivity contribution >= 4 is 6.16 Å². The summed E-state index contributed by atoms with van der Waals surface area (Å²) in [5.74, 6) is 0. The molecular weight excluding hydrogens is 147 g/mol. The summed E-state index contributed by atoms with van der Waals surface area (Å²) in [6.07, 6.45) is -1.69. The molecule has 0 spiro atoms. The van der Waals surface area contributed by atoms with Crippen LogP contribution in [0, 0.1) is 0 Å². The van der Waals surface area contributed by atoms with Crippen LogP contribution < -0.4 is 29.6 Å². The zero-order valence-electron chi connectivity index (χ0n) is 5.71. The van der Waals surface area contributed by atoms with Gasteiger partial charge in [0.05, 0.1) is 0 Å². The normalized spacial score (nSPS) is 3.67. The van der Waals surface area contributed by atoms with Crippen LogP contribution in [0.2, 0.25) is 0 Å². The van der Waals surface area contributed by atoms with Gasteiger partial charge in [0.15, 0.2) is 0 Å². The molecule has 0 aromatic carbocycles. The molecule has 0 aliphatic heterocycles. The Bertz CT molecular complexity index is 48.9. The molecule has 0 aliphatic carbocycles. The predicted molar refractivity (Wildman–Crippen MR) is 23.7 cm³/mol. The summed E-state index contributed by atoms with van der Waals surface area (Å²) >= 11 is 0. The second-order valence-electron chi connectivity index (χ2n) is 0.357. The third kappa shape index (κ3) is 68.0. The van der Waals surface area contributed by atoms with Gasteiger partial charge in [-0.15, -0.1) is 0 Å². The molecule has 0 aliphatic rings. The fourth-order valence-corrected chi connectivity index (χ4v) is 0. The molecule has 0 atom stereocenters. The molecule has 56 valence electrons. The quantitative estimate of drug-likeness (QED) is 0.203. The number of rotatable bonds is 0. The Hall–Kier alpha value is 0.110. The Morgan fingerprint density at radius 1 is 1.33 bits per heavy atom. The summed E-state index contributed by atoms with van der Waals surface area (Å²) in [6, 6.07) is 0. The van der Waals surface area contributed by atoms with Crippen molar-refractivity contribution in [1.82, 2.24) is 0 Å². The fraction of sp³-hybridized carbons (Fsp3) is 0. The molecule has 8 heteroatoms. The van der Waals surface area contributed by atoms with Crippen LogP contribution in [0.15, 0.2) is 0 Å². The van der Waals surface area contributed by atoms with Gasteiger partial charge in [-0.1, -0.05) is 0 Å². The molecule has 0 radical (unpaired) electrons. The summed E-state index contributed by atoms with van der Waals surface area (Å²) in [7, 11) is 0. The van der Waals surface area contributed by atoms with Crippen LogP contribution >= 0.6 is 0 Å². The van der Waals surface area contributed by atoms with E-state index in [0.717, 1.165) is 0 Å². The third-order valence-electron chi connectivity index (χ3n) is 0.0781. The predicted octanol–water partition coefficient (Wildman–Crippen LogP) is -5.20. The van der Waals surface area contributed by atoms with E-state index in [4.69, 9.17) is 15.2 Å². The minimum atomic E-state index is -1.69. The van der Waals surface area contributed by atoms with E-state index in [1.54, 1.807) is 0 Å². The van der Waals surface area contributed by atoms with Crippen molar-refractivity contribution in [2.75, 3.05) is 0 Å². The fourth-order valence-electron chi connectivity index (χ4n) is 0. The van der Waals surface area contributed by atoms with Gasteiger partial charge in [0.25, 0.3) is 0 Å². The minimum absolute atomic E-state index is 0. The van der Waals surface area contributed by atoms with E-state index in [0.29, 0.717) is 0 Å². The van der Waals surface area contributed by atoms with Crippen LogP contribution in [0.25, 0.3) is 0 Å². The van der Waals surface area contributed by atoms with Crippen molar-refractivity contribution in [3.8, 4) is 0 Å². The molecule has 0 fully saturated rings. The number of carbonyl (C=O) groups is 1. The summed E-state index contributed by atoms with van der Waals surface area (Å²) in [5, 5.41) is 14.3. The first-order valence-electron chi connectivity index (χ1n) is 0.814. The SMILES string of the molecule is O.O.O.O=C(O)OO.[H-].[Na+]. The van der Waals surface area contributed by atoms with E-state index in [1.165, 1.54) is 0 Å². The van der Waals surface area contributed by atoms with Gasteiger partial charge in [-0.2, -0.15) is 5.26 Å². The molecule has 8 N–H and O–H groups in total. The largest absolute Gasteiger partial charge is 1.00 e. The van der Waals surface area contributed by atoms with E-state index in [-0.39, 0.29) is 47.4 Å². The van der Waals surface area contributed by atoms with E-state index < -0.39 is 6.16 Å². The second kappa shape index (κ2) is 24.3. The van der Waals surface area contributed by atoms with Crippen LogP contribution in [0.5, 0.6) is 0 Å². The molecule has 0 aromatic heterocycles. The van der Waals surface area contributed by atoms with E-state index in [1.807, 2.05) is 0 Å². The molecule has 0 saturated carbocycles. The monoisotopic (exact) mass is 156 g/mol. The van der Waals surface area contributed by atoms with Crippen molar-refractivity contribution in [2.24, 2.45) is 0 Å². The van der Waals surface area contributed by atoms with Crippen molar-refractivity contribution in [2.45, 2.75) is 0 Å². The van der Waals surface area contributed by atoms with Crippen molar-refractivity contribution in [1.29, 1.82) is 0 Å². The second-order valence-corrected chi connectivity index (χ2v) is 0.357. The Labute approximate surface area is 73.9 Å². The first-order valence-corrected chi connectivity index (χ1v) is 0.814. The van der Waals surface area contributed by atoms with Gasteiger partial charge in [0, 0.05) is 0 Å². The average molecular weight is 156 g/mol. The maximum atomic E-state index is 8.90. The zero-order chi connectivity index (χ0) is 4.28. The molecule has 0 bridgehead atoms. The first kappa shape index (κ1) is 35.5. The number of hydrogen-bond donors (Lipinski definition) is 2. The standard InChI is InChI=1S/CH2O4.Na.3H2O.H/c2-1(3)5-4;;;;;/h4H,(H,2,3);;3*1H2;/q;+1;;;;-1. The van der Waals surface area contributed by atoms with Gasteiger partial charge >= 0.3 is 35.7 Å². The molecule has 0 heterocycles. The maximum absolute atomic E-state index is 8.90. The Kier molecular flexibility index (Phi) is 95.7. The summed E-state index contributed by atoms with van der Waals surface area (Å²) < 4.78 is 0. The van der Waals surface area contributed by atoms with Crippen LogP contribution in [-0.4, -0.2) is 32.9 Å². The van der Waals surface area contributed by atoms with E-state index >= 15 is 0 Å². The van der Waals surface area contributed by atoms with Gasteiger partial charge < -0.3 is 23.0 Å². The van der Waals surface area contributed by atoms with Crippen LogP contribution in [-0.2, 0) is 4.89 Å². The maximum Gasteiger partial charge on any atom is 1.00 e. The zero-order valence-corrected chi connectivity index (χ0v) is 6.71. The van der Waals surface area contributed by atoms with Crippen molar-refractivity contribution in [3.63, 3.8) is 0 Å². The molecule has 0 amide bonds. The number of carboxylic acid groups (broad SMARTS) is 1. The van der Waals surface area contributed by atoms with Gasteiger partial charge in [-0.3, -0.25) is 4.89 Å². The van der Waals surface area contributed by atoms with E-state index in [9.17, 15) is 0 Å². The first-order chi connectivity index (χ1) is 2.27. The number of hydrogen-bond acceptors (Lipinski definition) is 3. The van der Waals surface area contributed by atoms with Gasteiger partial charge in [0.2, 0.25) is 0 Å². The summed E-state index contributed by atoms with van der Waals surface area (Å²) in [4.78, 5) is 11.6. The van der Waals surface area contributed by atoms with E-state index in [2.05, 4.69) is 4.89 Å². The van der Waals surface area contributed by atoms with Crippen LogP contribution in [0.3, 0.4) is 0 Å². The molecule has 9 heavy (non-hydrogen) atoms. The smallest absolute Gasteiger partial charge is 1.00 e. The Balaban J connectivity index is -0.00000000800. The van der Waals surface area contributed by atoms with Gasteiger partial charge in [0.1, 0.15) is 0 Å².